The highest BCUT2D eigenvalue weighted by Gasteiger charge is 2.23. The molecular formula is C16H15FN2O4. The molecule has 6 nitrogen and oxygen atoms in total. The first-order valence-corrected chi connectivity index (χ1v) is 6.80. The van der Waals surface area contributed by atoms with Crippen molar-refractivity contribution in [3.05, 3.63) is 57.7 Å². The topological polar surface area (TPSA) is 82.3 Å². The largest absolute Gasteiger partial charge is 0.453 e. The molecule has 1 heterocycles. The Kier molecular flexibility index (Phi) is 4.40. The van der Waals surface area contributed by atoms with E-state index in [-0.39, 0.29) is 22.7 Å². The van der Waals surface area contributed by atoms with Crippen molar-refractivity contribution < 1.29 is 18.8 Å². The van der Waals surface area contributed by atoms with Crippen molar-refractivity contribution in [1.29, 1.82) is 0 Å². The van der Waals surface area contributed by atoms with Crippen LogP contribution in [-0.2, 0) is 5.41 Å². The molecule has 0 aliphatic carbocycles. The predicted octanol–water partition coefficient (Wildman–Crippen LogP) is 4.03. The molecule has 0 aliphatic rings. The smallest absolute Gasteiger partial charge is 0.272 e. The second kappa shape index (κ2) is 6.12. The van der Waals surface area contributed by atoms with E-state index in [4.69, 9.17) is 4.74 Å². The highest BCUT2D eigenvalue weighted by molar-refractivity contribution is 5.81. The summed E-state index contributed by atoms with van der Waals surface area (Å²) in [5, 5.41) is 10.6. The van der Waals surface area contributed by atoms with E-state index < -0.39 is 16.2 Å². The fourth-order valence-corrected chi connectivity index (χ4v) is 2.06. The molecule has 2 rings (SSSR count). The molecule has 0 atom stereocenters. The molecule has 120 valence electrons. The first kappa shape index (κ1) is 16.5. The van der Waals surface area contributed by atoms with E-state index in [1.807, 2.05) is 20.8 Å². The molecule has 0 N–H and O–H groups in total. The lowest BCUT2D eigenvalue weighted by atomic mass is 9.88. The molecule has 0 bridgehead atoms. The number of non-ortho nitro benzene ring substituents is 1. The molecule has 0 saturated carbocycles. The van der Waals surface area contributed by atoms with E-state index >= 15 is 0 Å². The molecule has 7 heteroatoms. The zero-order valence-corrected chi connectivity index (χ0v) is 12.9. The lowest BCUT2D eigenvalue weighted by Crippen LogP contribution is -2.17. The van der Waals surface area contributed by atoms with Crippen LogP contribution in [0.4, 0.5) is 10.1 Å². The maximum atomic E-state index is 13.9. The number of hydrogen-bond acceptors (Lipinski definition) is 5. The third-order valence-electron chi connectivity index (χ3n) is 3.12. The third-order valence-corrected chi connectivity index (χ3v) is 3.12. The number of ether oxygens (including phenoxy) is 1. The van der Waals surface area contributed by atoms with Gasteiger partial charge in [-0.05, 0) is 12.1 Å². The SMILES string of the molecule is CC(C)(C)c1nccc(Oc2ccc([N+](=O)[O-])cc2F)c1C=O. The van der Waals surface area contributed by atoms with Crippen LogP contribution in [-0.4, -0.2) is 16.2 Å². The number of benzene rings is 1. The fourth-order valence-electron chi connectivity index (χ4n) is 2.06. The number of nitro groups is 1. The lowest BCUT2D eigenvalue weighted by molar-refractivity contribution is -0.385. The summed E-state index contributed by atoms with van der Waals surface area (Å²) in [5.41, 5.74) is -0.0375. The van der Waals surface area contributed by atoms with E-state index in [9.17, 15) is 19.3 Å². The number of rotatable bonds is 4. The number of pyridine rings is 1. The summed E-state index contributed by atoms with van der Waals surface area (Å²) in [6.07, 6.45) is 2.07. The molecule has 0 fully saturated rings. The minimum atomic E-state index is -0.884. The lowest BCUT2D eigenvalue weighted by Gasteiger charge is -2.21. The monoisotopic (exact) mass is 318 g/mol. The van der Waals surface area contributed by atoms with Gasteiger partial charge in [-0.3, -0.25) is 19.9 Å². The van der Waals surface area contributed by atoms with Gasteiger partial charge < -0.3 is 4.74 Å². The zero-order valence-electron chi connectivity index (χ0n) is 12.9. The van der Waals surface area contributed by atoms with Crippen LogP contribution in [0.15, 0.2) is 30.5 Å². The second-order valence-electron chi connectivity index (χ2n) is 5.91. The van der Waals surface area contributed by atoms with Gasteiger partial charge in [0.05, 0.1) is 22.2 Å². The molecule has 2 aromatic rings. The van der Waals surface area contributed by atoms with Crippen LogP contribution in [0.1, 0.15) is 36.8 Å². The van der Waals surface area contributed by atoms with Crippen molar-refractivity contribution >= 4 is 12.0 Å². The van der Waals surface area contributed by atoms with Crippen molar-refractivity contribution in [3.8, 4) is 11.5 Å². The highest BCUT2D eigenvalue weighted by Crippen LogP contribution is 2.33. The Hall–Kier alpha value is -2.83. The number of aldehydes is 1. The van der Waals surface area contributed by atoms with Gasteiger partial charge in [-0.1, -0.05) is 20.8 Å². The van der Waals surface area contributed by atoms with Crippen LogP contribution in [0.5, 0.6) is 11.5 Å². The van der Waals surface area contributed by atoms with Crippen molar-refractivity contribution in [2.45, 2.75) is 26.2 Å². The average molecular weight is 318 g/mol. The van der Waals surface area contributed by atoms with Crippen LogP contribution in [0, 0.1) is 15.9 Å². The Balaban J connectivity index is 2.45. The molecule has 23 heavy (non-hydrogen) atoms. The van der Waals surface area contributed by atoms with Crippen LogP contribution in [0.2, 0.25) is 0 Å². The van der Waals surface area contributed by atoms with Crippen LogP contribution < -0.4 is 4.74 Å². The maximum absolute atomic E-state index is 13.9. The summed E-state index contributed by atoms with van der Waals surface area (Å²) in [7, 11) is 0. The predicted molar refractivity (Wildman–Crippen MR) is 81.5 cm³/mol. The Labute approximate surface area is 132 Å². The van der Waals surface area contributed by atoms with Gasteiger partial charge in [0.25, 0.3) is 5.69 Å². The van der Waals surface area contributed by atoms with Crippen molar-refractivity contribution in [2.75, 3.05) is 0 Å². The maximum Gasteiger partial charge on any atom is 0.272 e. The summed E-state index contributed by atoms with van der Waals surface area (Å²) >= 11 is 0. The number of aromatic nitrogens is 1. The van der Waals surface area contributed by atoms with Gasteiger partial charge in [-0.15, -0.1) is 0 Å². The van der Waals surface area contributed by atoms with Crippen LogP contribution in [0.25, 0.3) is 0 Å². The van der Waals surface area contributed by atoms with E-state index in [0.717, 1.165) is 18.2 Å². The Bertz CT molecular complexity index is 769. The van der Waals surface area contributed by atoms with Gasteiger partial charge >= 0.3 is 0 Å². The van der Waals surface area contributed by atoms with E-state index in [0.29, 0.717) is 12.0 Å². The molecule has 0 aliphatic heterocycles. The quantitative estimate of drug-likeness (QED) is 0.483. The van der Waals surface area contributed by atoms with Crippen LogP contribution in [0.3, 0.4) is 0 Å². The summed E-state index contributed by atoms with van der Waals surface area (Å²) < 4.78 is 19.4. The van der Waals surface area contributed by atoms with Gasteiger partial charge in [0.15, 0.2) is 17.9 Å². The van der Waals surface area contributed by atoms with Crippen molar-refractivity contribution in [2.24, 2.45) is 0 Å². The average Bonchev–Trinajstić information content (AvgIpc) is 2.47. The molecule has 0 amide bonds. The molecular weight excluding hydrogens is 303 g/mol. The standard InChI is InChI=1S/C16H15FN2O4/c1-16(2,3)15-11(9-20)13(6-7-18-15)23-14-5-4-10(19(21)22)8-12(14)17/h4-9H,1-3H3. The third kappa shape index (κ3) is 3.50. The normalized spacial score (nSPS) is 11.1. The van der Waals surface area contributed by atoms with Gasteiger partial charge in [0.1, 0.15) is 5.75 Å². The number of nitro benzene ring substituents is 1. The molecule has 1 aromatic carbocycles. The summed E-state index contributed by atoms with van der Waals surface area (Å²) in [6.45, 7) is 5.66. The number of carbonyl (C=O) groups is 1. The van der Waals surface area contributed by atoms with E-state index in [1.165, 1.54) is 12.3 Å². The van der Waals surface area contributed by atoms with Gasteiger partial charge in [0, 0.05) is 17.7 Å². The minimum Gasteiger partial charge on any atom is -0.453 e. The van der Waals surface area contributed by atoms with Crippen LogP contribution >= 0.6 is 0 Å². The molecule has 0 radical (unpaired) electrons. The minimum absolute atomic E-state index is 0.146. The second-order valence-corrected chi connectivity index (χ2v) is 5.91. The molecule has 1 aromatic heterocycles. The number of hydrogen-bond donors (Lipinski definition) is 0. The zero-order chi connectivity index (χ0) is 17.2. The summed E-state index contributed by atoms with van der Waals surface area (Å²) in [5.74, 6) is -0.942. The fraction of sp³-hybridized carbons (Fsp3) is 0.250. The number of halogens is 1. The first-order chi connectivity index (χ1) is 10.7. The first-order valence-electron chi connectivity index (χ1n) is 6.80. The Morgan fingerprint density at radius 1 is 1.26 bits per heavy atom. The van der Waals surface area contributed by atoms with Crippen molar-refractivity contribution in [3.63, 3.8) is 0 Å². The van der Waals surface area contributed by atoms with Gasteiger partial charge in [-0.2, -0.15) is 0 Å². The molecule has 0 saturated heterocycles. The molecule has 0 unspecified atom stereocenters. The van der Waals surface area contributed by atoms with Gasteiger partial charge in [0.2, 0.25) is 0 Å². The number of carbonyl (C=O) groups excluding carboxylic acids is 1. The van der Waals surface area contributed by atoms with E-state index in [2.05, 4.69) is 4.98 Å². The van der Waals surface area contributed by atoms with E-state index in [1.54, 1.807) is 0 Å². The Morgan fingerprint density at radius 3 is 2.48 bits per heavy atom. The van der Waals surface area contributed by atoms with Gasteiger partial charge in [-0.25, -0.2) is 4.39 Å². The summed E-state index contributed by atoms with van der Waals surface area (Å²) in [4.78, 5) is 25.5. The molecule has 0 spiro atoms. The summed E-state index contributed by atoms with van der Waals surface area (Å²) in [6, 6.07) is 4.49. The Morgan fingerprint density at radius 2 is 1.96 bits per heavy atom. The highest BCUT2D eigenvalue weighted by atomic mass is 19.1. The van der Waals surface area contributed by atoms with Crippen molar-refractivity contribution in [1.82, 2.24) is 4.98 Å². The number of nitrogens with zero attached hydrogens (tertiary/aromatic N) is 2.